The molecule has 3 aromatic carbocycles. The summed E-state index contributed by atoms with van der Waals surface area (Å²) in [5, 5.41) is 9.96. The Hall–Kier alpha value is -3.87. The first-order valence-corrected chi connectivity index (χ1v) is 13.2. The first-order valence-electron chi connectivity index (χ1n) is 11.7. The van der Waals surface area contributed by atoms with Gasteiger partial charge in [-0.1, -0.05) is 48.5 Å². The van der Waals surface area contributed by atoms with E-state index < -0.39 is 10.0 Å². The van der Waals surface area contributed by atoms with Gasteiger partial charge in [-0.05, 0) is 35.9 Å². The van der Waals surface area contributed by atoms with Gasteiger partial charge in [0.25, 0.3) is 16.5 Å². The van der Waals surface area contributed by atoms with E-state index in [2.05, 4.69) is 15.9 Å². The number of nitriles is 1. The minimum absolute atomic E-state index is 0.143. The summed E-state index contributed by atoms with van der Waals surface area (Å²) < 4.78 is 33.5. The van der Waals surface area contributed by atoms with Crippen molar-refractivity contribution >= 4 is 27.9 Å². The Morgan fingerprint density at radius 1 is 0.944 bits per heavy atom. The summed E-state index contributed by atoms with van der Waals surface area (Å²) in [4.78, 5) is 14.9. The normalized spacial score (nSPS) is 14.1. The van der Waals surface area contributed by atoms with Crippen molar-refractivity contribution in [1.82, 2.24) is 4.90 Å². The van der Waals surface area contributed by atoms with Crippen molar-refractivity contribution < 1.29 is 17.9 Å². The van der Waals surface area contributed by atoms with Crippen LogP contribution in [-0.4, -0.2) is 59.1 Å². The highest BCUT2D eigenvalue weighted by atomic mass is 32.2. The number of sulfonamides is 1. The van der Waals surface area contributed by atoms with E-state index in [0.717, 1.165) is 24.3 Å². The minimum atomic E-state index is -3.87. The molecule has 0 aromatic heterocycles. The molecule has 1 fully saturated rings. The van der Waals surface area contributed by atoms with Crippen LogP contribution in [0.4, 0.5) is 11.4 Å². The third kappa shape index (κ3) is 5.85. The lowest BCUT2D eigenvalue weighted by molar-refractivity contribution is -0.129. The summed E-state index contributed by atoms with van der Waals surface area (Å²) in [6.07, 6.45) is 0. The van der Waals surface area contributed by atoms with Crippen LogP contribution >= 0.6 is 0 Å². The summed E-state index contributed by atoms with van der Waals surface area (Å²) in [7, 11) is -3.87. The van der Waals surface area contributed by atoms with Crippen LogP contribution < -0.4 is 9.21 Å². The van der Waals surface area contributed by atoms with Crippen molar-refractivity contribution in [2.24, 2.45) is 0 Å². The van der Waals surface area contributed by atoms with Gasteiger partial charge in [-0.2, -0.15) is 5.26 Å². The minimum Gasteiger partial charge on any atom is -0.467 e. The van der Waals surface area contributed by atoms with Gasteiger partial charge in [-0.15, -0.1) is 0 Å². The molecular weight excluding hydrogens is 476 g/mol. The third-order valence-corrected chi connectivity index (χ3v) is 7.98. The molecule has 4 rings (SSSR count). The van der Waals surface area contributed by atoms with Gasteiger partial charge >= 0.3 is 0 Å². The van der Waals surface area contributed by atoms with Crippen molar-refractivity contribution in [3.05, 3.63) is 90.0 Å². The first-order chi connectivity index (χ1) is 17.5. The average Bonchev–Trinajstić information content (AvgIpc) is 2.93. The molecule has 0 atom stereocenters. The second-order valence-corrected chi connectivity index (χ2v) is 10.3. The second-order valence-electron chi connectivity index (χ2n) is 8.42. The fraction of sp³-hybridized carbons (Fsp3) is 0.259. The average molecular weight is 505 g/mol. The molecule has 186 valence electrons. The Morgan fingerprint density at radius 2 is 1.61 bits per heavy atom. The number of anilines is 2. The number of nitrogens with zero attached hydrogens (tertiary/aromatic N) is 4. The van der Waals surface area contributed by atoms with Crippen molar-refractivity contribution in [1.29, 1.82) is 5.26 Å². The summed E-state index contributed by atoms with van der Waals surface area (Å²) in [5.74, 6) is 0. The zero-order valence-electron chi connectivity index (χ0n) is 19.9. The molecular formula is C27H28N4O4S. The number of rotatable bonds is 10. The van der Waals surface area contributed by atoms with E-state index in [1.165, 1.54) is 4.31 Å². The molecule has 0 bridgehead atoms. The number of ether oxygens (including phenoxy) is 1. The molecule has 0 amide bonds. The van der Waals surface area contributed by atoms with Crippen LogP contribution in [0.2, 0.25) is 0 Å². The Labute approximate surface area is 212 Å². The fourth-order valence-electron chi connectivity index (χ4n) is 4.27. The maximum Gasteiger partial charge on any atom is 0.293 e. The number of carbonyl (C=O) groups excluding carboxylic acids is 1. The van der Waals surface area contributed by atoms with Gasteiger partial charge in [0, 0.05) is 32.7 Å². The predicted octanol–water partition coefficient (Wildman–Crippen LogP) is 3.25. The summed E-state index contributed by atoms with van der Waals surface area (Å²) in [6, 6.07) is 25.2. The van der Waals surface area contributed by atoms with Gasteiger partial charge in [-0.3, -0.25) is 14.0 Å². The number of piperazine rings is 1. The molecule has 0 N–H and O–H groups in total. The second kappa shape index (κ2) is 11.7. The van der Waals surface area contributed by atoms with Gasteiger partial charge < -0.3 is 9.64 Å². The Morgan fingerprint density at radius 3 is 2.25 bits per heavy atom. The van der Waals surface area contributed by atoms with Crippen molar-refractivity contribution in [2.75, 3.05) is 48.5 Å². The van der Waals surface area contributed by atoms with Crippen LogP contribution in [0.15, 0.2) is 83.8 Å². The monoisotopic (exact) mass is 504 g/mol. The lowest BCUT2D eigenvalue weighted by atomic mass is 10.1. The van der Waals surface area contributed by atoms with E-state index in [-0.39, 0.29) is 11.4 Å². The van der Waals surface area contributed by atoms with Gasteiger partial charge in [-0.25, -0.2) is 8.42 Å². The Bertz CT molecular complexity index is 1300. The molecule has 8 nitrogen and oxygen atoms in total. The molecule has 36 heavy (non-hydrogen) atoms. The molecule has 0 radical (unpaired) electrons. The molecule has 0 spiro atoms. The fourth-order valence-corrected chi connectivity index (χ4v) is 5.74. The van der Waals surface area contributed by atoms with E-state index >= 15 is 0 Å². The highest BCUT2D eigenvalue weighted by Gasteiger charge is 2.27. The van der Waals surface area contributed by atoms with Gasteiger partial charge in [0.15, 0.2) is 0 Å². The molecule has 1 aliphatic rings. The zero-order valence-corrected chi connectivity index (χ0v) is 20.7. The van der Waals surface area contributed by atoms with Crippen LogP contribution in [-0.2, 0) is 26.1 Å². The largest absolute Gasteiger partial charge is 0.467 e. The lowest BCUT2D eigenvalue weighted by Crippen LogP contribution is -2.47. The number of carbonyl (C=O) groups is 1. The standard InChI is InChI=1S/C27H28N4O4S/c28-20-24-19-25(11-12-27(24)30-15-13-29(14-16-30)17-18-35-22-32)31(21-23-7-3-1-4-8-23)36(33,34)26-9-5-2-6-10-26/h1-12,19,22H,13-18,21H2. The van der Waals surface area contributed by atoms with Crippen molar-refractivity contribution in [3.63, 3.8) is 0 Å². The van der Waals surface area contributed by atoms with Crippen LogP contribution in [0.25, 0.3) is 0 Å². The van der Waals surface area contributed by atoms with Crippen LogP contribution in [0, 0.1) is 11.3 Å². The van der Waals surface area contributed by atoms with E-state index in [4.69, 9.17) is 4.74 Å². The molecule has 0 saturated carbocycles. The maximum atomic E-state index is 13.7. The number of benzene rings is 3. The topological polar surface area (TPSA) is 93.9 Å². The maximum absolute atomic E-state index is 13.7. The smallest absolute Gasteiger partial charge is 0.293 e. The van der Waals surface area contributed by atoms with Gasteiger partial charge in [0.1, 0.15) is 12.7 Å². The molecule has 0 aliphatic carbocycles. The number of hydrogen-bond donors (Lipinski definition) is 0. The van der Waals surface area contributed by atoms with Crippen molar-refractivity contribution in [2.45, 2.75) is 11.4 Å². The highest BCUT2D eigenvalue weighted by Crippen LogP contribution is 2.31. The van der Waals surface area contributed by atoms with Gasteiger partial charge in [0.2, 0.25) is 0 Å². The third-order valence-electron chi connectivity index (χ3n) is 6.20. The Balaban J connectivity index is 1.61. The number of hydrogen-bond acceptors (Lipinski definition) is 7. The van der Waals surface area contributed by atoms with E-state index in [1.54, 1.807) is 42.5 Å². The van der Waals surface area contributed by atoms with Crippen LogP contribution in [0.5, 0.6) is 0 Å². The van der Waals surface area contributed by atoms with E-state index in [9.17, 15) is 18.5 Å². The lowest BCUT2D eigenvalue weighted by Gasteiger charge is -2.36. The van der Waals surface area contributed by atoms with Crippen LogP contribution in [0.3, 0.4) is 0 Å². The molecule has 1 heterocycles. The van der Waals surface area contributed by atoms with E-state index in [0.29, 0.717) is 44.0 Å². The highest BCUT2D eigenvalue weighted by molar-refractivity contribution is 7.92. The zero-order chi connectivity index (χ0) is 25.4. The summed E-state index contributed by atoms with van der Waals surface area (Å²) in [6.45, 7) is 4.60. The SMILES string of the molecule is N#Cc1cc(N(Cc2ccccc2)S(=O)(=O)c2ccccc2)ccc1N1CCN(CCOC=O)CC1. The summed E-state index contributed by atoms with van der Waals surface area (Å²) >= 11 is 0. The first kappa shape index (κ1) is 25.2. The molecule has 1 aliphatic heterocycles. The Kier molecular flexibility index (Phi) is 8.21. The van der Waals surface area contributed by atoms with Crippen molar-refractivity contribution in [3.8, 4) is 6.07 Å². The molecule has 9 heteroatoms. The quantitative estimate of drug-likeness (QED) is 0.309. The molecule has 1 saturated heterocycles. The predicted molar refractivity (Wildman–Crippen MR) is 138 cm³/mol. The molecule has 3 aromatic rings. The molecule has 0 unspecified atom stereocenters. The van der Waals surface area contributed by atoms with Crippen LogP contribution in [0.1, 0.15) is 11.1 Å². The van der Waals surface area contributed by atoms with Gasteiger partial charge in [0.05, 0.1) is 28.4 Å². The summed E-state index contributed by atoms with van der Waals surface area (Å²) in [5.41, 5.74) is 2.48. The van der Waals surface area contributed by atoms with E-state index in [1.807, 2.05) is 36.4 Å².